The summed E-state index contributed by atoms with van der Waals surface area (Å²) in [6.45, 7) is 4.95. The van der Waals surface area contributed by atoms with Crippen molar-refractivity contribution in [1.82, 2.24) is 14.5 Å². The van der Waals surface area contributed by atoms with Crippen LogP contribution in [0.15, 0.2) is 53.4 Å². The average Bonchev–Trinajstić information content (AvgIpc) is 3.34. The van der Waals surface area contributed by atoms with Gasteiger partial charge in [-0.05, 0) is 67.6 Å². The highest BCUT2D eigenvalue weighted by molar-refractivity contribution is 7.97. The molecule has 4 unspecified atom stereocenters. The van der Waals surface area contributed by atoms with Crippen LogP contribution in [0.5, 0.6) is 0 Å². The molecule has 5 rings (SSSR count). The summed E-state index contributed by atoms with van der Waals surface area (Å²) in [7, 11) is 1.87. The zero-order valence-corrected chi connectivity index (χ0v) is 18.5. The van der Waals surface area contributed by atoms with Crippen molar-refractivity contribution in [2.75, 3.05) is 39.8 Å². The summed E-state index contributed by atoms with van der Waals surface area (Å²) in [6, 6.07) is 14.4. The van der Waals surface area contributed by atoms with Crippen molar-refractivity contribution in [2.24, 2.45) is 11.8 Å². The van der Waals surface area contributed by atoms with Crippen molar-refractivity contribution < 1.29 is 13.5 Å². The van der Waals surface area contributed by atoms with Crippen LogP contribution in [-0.4, -0.2) is 61.1 Å². The lowest BCUT2D eigenvalue weighted by Crippen LogP contribution is -2.50. The predicted molar refractivity (Wildman–Crippen MR) is 119 cm³/mol. The summed E-state index contributed by atoms with van der Waals surface area (Å²) in [5, 5.41) is 3.29. The predicted octanol–water partition coefficient (Wildman–Crippen LogP) is 3.95. The third-order valence-corrected chi connectivity index (χ3v) is 8.01. The van der Waals surface area contributed by atoms with Gasteiger partial charge in [-0.3, -0.25) is 4.90 Å². The van der Waals surface area contributed by atoms with Crippen molar-refractivity contribution in [3.8, 4) is 0 Å². The number of halogens is 2. The molecule has 0 amide bonds. The minimum absolute atomic E-state index is 0.0411. The maximum Gasteiger partial charge on any atom is 0.129 e. The van der Waals surface area contributed by atoms with Gasteiger partial charge >= 0.3 is 0 Å². The second-order valence-corrected chi connectivity index (χ2v) is 10.1. The molecule has 0 radical (unpaired) electrons. The van der Waals surface area contributed by atoms with Crippen LogP contribution < -0.4 is 5.32 Å². The molecule has 4 nitrogen and oxygen atoms in total. The van der Waals surface area contributed by atoms with Crippen molar-refractivity contribution >= 4 is 11.9 Å². The fourth-order valence-corrected chi connectivity index (χ4v) is 6.48. The number of rotatable bonds is 5. The molecular weight excluding hydrogens is 416 g/mol. The van der Waals surface area contributed by atoms with Gasteiger partial charge in [-0.1, -0.05) is 18.2 Å². The van der Waals surface area contributed by atoms with E-state index in [-0.39, 0.29) is 6.04 Å². The van der Waals surface area contributed by atoms with Crippen molar-refractivity contribution in [3.63, 3.8) is 0 Å². The van der Waals surface area contributed by atoms with Crippen LogP contribution >= 0.6 is 11.9 Å². The van der Waals surface area contributed by atoms with Gasteiger partial charge in [0.15, 0.2) is 0 Å². The van der Waals surface area contributed by atoms with Gasteiger partial charge in [0.05, 0.1) is 6.61 Å². The van der Waals surface area contributed by atoms with E-state index in [0.717, 1.165) is 38.7 Å². The Balaban J connectivity index is 1.18. The van der Waals surface area contributed by atoms with E-state index in [1.54, 1.807) is 0 Å². The summed E-state index contributed by atoms with van der Waals surface area (Å²) >= 11 is 1.86. The molecule has 0 aliphatic carbocycles. The number of ether oxygens (including phenoxy) is 1. The van der Waals surface area contributed by atoms with E-state index in [2.05, 4.69) is 44.9 Å². The Bertz CT molecular complexity index is 888. The quantitative estimate of drug-likeness (QED) is 0.704. The highest BCUT2D eigenvalue weighted by Crippen LogP contribution is 2.39. The molecule has 7 heteroatoms. The van der Waals surface area contributed by atoms with Gasteiger partial charge in [0, 0.05) is 48.7 Å². The number of benzene rings is 2. The maximum atomic E-state index is 14.3. The smallest absolute Gasteiger partial charge is 0.129 e. The van der Waals surface area contributed by atoms with Crippen molar-refractivity contribution in [3.05, 3.63) is 65.7 Å². The Morgan fingerprint density at radius 1 is 1.00 bits per heavy atom. The van der Waals surface area contributed by atoms with Crippen molar-refractivity contribution in [1.29, 1.82) is 0 Å². The largest absolute Gasteiger partial charge is 0.370 e. The minimum Gasteiger partial charge on any atom is -0.370 e. The Morgan fingerprint density at radius 3 is 2.45 bits per heavy atom. The number of fused-ring (bicyclic) bond motifs is 1. The summed E-state index contributed by atoms with van der Waals surface area (Å²) in [5.41, 5.74) is 0.310. The molecular formula is C24H29F2N3OS. The molecule has 0 spiro atoms. The summed E-state index contributed by atoms with van der Waals surface area (Å²) in [6.07, 6.45) is 0.413. The standard InChI is InChI=1S/C24H29F2N3OS/c1-27-23-10-19(15-30-24(23)21-9-18(25)7-8-22(21)26)28-11-16-13-29(14-17(16)12-28)31-20-5-3-2-4-6-20/h2-9,16-17,19,23-24,27H,10-15H2,1H3/t16?,17?,19?,23?,24-/m1/s1. The highest BCUT2D eigenvalue weighted by Gasteiger charge is 2.44. The fourth-order valence-electron chi connectivity index (χ4n) is 5.37. The first kappa shape index (κ1) is 21.3. The van der Waals surface area contributed by atoms with Gasteiger partial charge in [-0.25, -0.2) is 13.1 Å². The van der Waals surface area contributed by atoms with E-state index in [4.69, 9.17) is 4.74 Å². The number of nitrogens with one attached hydrogen (secondary N) is 1. The van der Waals surface area contributed by atoms with Crippen LogP contribution in [0.2, 0.25) is 0 Å². The summed E-state index contributed by atoms with van der Waals surface area (Å²) in [4.78, 5) is 3.86. The van der Waals surface area contributed by atoms with Gasteiger partial charge < -0.3 is 10.1 Å². The average molecular weight is 446 g/mol. The normalized spacial score (nSPS) is 31.8. The Hall–Kier alpha value is -1.51. The van der Waals surface area contributed by atoms with E-state index >= 15 is 0 Å². The van der Waals surface area contributed by atoms with Crippen LogP contribution in [-0.2, 0) is 4.74 Å². The topological polar surface area (TPSA) is 27.7 Å². The lowest BCUT2D eigenvalue weighted by Gasteiger charge is -2.40. The molecule has 5 atom stereocenters. The molecule has 3 aliphatic heterocycles. The lowest BCUT2D eigenvalue weighted by atomic mass is 9.92. The van der Waals surface area contributed by atoms with Crippen LogP contribution in [0, 0.1) is 23.5 Å². The highest BCUT2D eigenvalue weighted by atomic mass is 32.2. The minimum atomic E-state index is -0.461. The molecule has 1 N–H and O–H groups in total. The second kappa shape index (κ2) is 9.16. The Kier molecular flexibility index (Phi) is 6.30. The second-order valence-electron chi connectivity index (χ2n) is 8.93. The molecule has 0 saturated carbocycles. The Labute approximate surface area is 187 Å². The molecule has 0 bridgehead atoms. The molecule has 3 saturated heterocycles. The van der Waals surface area contributed by atoms with Crippen LogP contribution in [0.25, 0.3) is 0 Å². The van der Waals surface area contributed by atoms with Gasteiger partial charge in [-0.15, -0.1) is 0 Å². The number of likely N-dealkylation sites (tertiary alicyclic amines) is 1. The first-order valence-electron chi connectivity index (χ1n) is 11.1. The van der Waals surface area contributed by atoms with Crippen LogP contribution in [0.4, 0.5) is 8.78 Å². The molecule has 3 heterocycles. The first-order valence-corrected chi connectivity index (χ1v) is 11.8. The third-order valence-electron chi connectivity index (χ3n) is 6.97. The van der Waals surface area contributed by atoms with Gasteiger partial charge in [0.2, 0.25) is 0 Å². The van der Waals surface area contributed by atoms with E-state index in [1.165, 1.54) is 17.0 Å². The molecule has 31 heavy (non-hydrogen) atoms. The van der Waals surface area contributed by atoms with Crippen LogP contribution in [0.3, 0.4) is 0 Å². The Morgan fingerprint density at radius 2 is 1.74 bits per heavy atom. The monoisotopic (exact) mass is 445 g/mol. The molecule has 2 aromatic rings. The lowest BCUT2D eigenvalue weighted by molar-refractivity contribution is -0.0556. The van der Waals surface area contributed by atoms with E-state index < -0.39 is 17.7 Å². The number of nitrogens with zero attached hydrogens (tertiary/aromatic N) is 2. The number of hydrogen-bond acceptors (Lipinski definition) is 5. The zero-order chi connectivity index (χ0) is 21.4. The van der Waals surface area contributed by atoms with Crippen LogP contribution in [0.1, 0.15) is 18.1 Å². The maximum absolute atomic E-state index is 14.3. The molecule has 3 fully saturated rings. The molecule has 166 valence electrons. The van der Waals surface area contributed by atoms with Gasteiger partial charge in [0.25, 0.3) is 0 Å². The molecule has 0 aromatic heterocycles. The van der Waals surface area contributed by atoms with E-state index in [9.17, 15) is 8.78 Å². The summed E-state index contributed by atoms with van der Waals surface area (Å²) < 4.78 is 36.6. The third kappa shape index (κ3) is 4.52. The van der Waals surface area contributed by atoms with Gasteiger partial charge in [-0.2, -0.15) is 0 Å². The van der Waals surface area contributed by atoms with Crippen molar-refractivity contribution in [2.45, 2.75) is 29.5 Å². The number of likely N-dealkylation sites (N-methyl/N-ethyl adjacent to an activating group) is 1. The molecule has 2 aromatic carbocycles. The zero-order valence-electron chi connectivity index (χ0n) is 17.7. The first-order chi connectivity index (χ1) is 15.1. The summed E-state index contributed by atoms with van der Waals surface area (Å²) in [5.74, 6) is 0.532. The van der Waals surface area contributed by atoms with E-state index in [0.29, 0.717) is 30.0 Å². The fraction of sp³-hybridized carbons (Fsp3) is 0.500. The van der Waals surface area contributed by atoms with Gasteiger partial charge in [0.1, 0.15) is 17.7 Å². The molecule has 3 aliphatic rings. The number of hydrogen-bond donors (Lipinski definition) is 1. The van der Waals surface area contributed by atoms with E-state index in [1.807, 2.05) is 19.0 Å². The SMILES string of the molecule is CNC1CC(N2CC3CN(Sc4ccccc4)CC3C2)CO[C@@H]1c1cc(F)ccc1F.